The molecule has 0 radical (unpaired) electrons. The molecule has 1 spiro atoms. The molecule has 1 heterocycles. The van der Waals surface area contributed by atoms with Crippen molar-refractivity contribution < 1.29 is 0 Å². The Balaban J connectivity index is 2.06. The summed E-state index contributed by atoms with van der Waals surface area (Å²) in [7, 11) is 0. The second kappa shape index (κ2) is 3.47. The van der Waals surface area contributed by atoms with E-state index in [4.69, 9.17) is 0 Å². The van der Waals surface area contributed by atoms with Crippen LogP contribution >= 0.6 is 11.8 Å². The van der Waals surface area contributed by atoms with Crippen molar-refractivity contribution in [2.45, 2.75) is 50.9 Å². The molecule has 0 bridgehead atoms. The maximum atomic E-state index is 3.80. The summed E-state index contributed by atoms with van der Waals surface area (Å²) in [5.74, 6) is 3.10. The zero-order valence-corrected chi connectivity index (χ0v) is 9.79. The number of hydrogen-bond acceptors (Lipinski definition) is 2. The Morgan fingerprint density at radius 1 is 1.31 bits per heavy atom. The van der Waals surface area contributed by atoms with Gasteiger partial charge in [-0.15, -0.1) is 11.8 Å². The van der Waals surface area contributed by atoms with Gasteiger partial charge in [0.1, 0.15) is 0 Å². The van der Waals surface area contributed by atoms with Gasteiger partial charge in [0, 0.05) is 11.8 Å². The molecule has 0 aromatic heterocycles. The molecule has 76 valence electrons. The van der Waals surface area contributed by atoms with Crippen molar-refractivity contribution in [1.29, 1.82) is 0 Å². The van der Waals surface area contributed by atoms with Gasteiger partial charge in [0.25, 0.3) is 0 Å². The van der Waals surface area contributed by atoms with Crippen LogP contribution in [0.15, 0.2) is 0 Å². The van der Waals surface area contributed by atoms with Crippen molar-refractivity contribution in [3.05, 3.63) is 0 Å². The van der Waals surface area contributed by atoms with Gasteiger partial charge in [0.2, 0.25) is 0 Å². The Morgan fingerprint density at radius 3 is 2.62 bits per heavy atom. The van der Waals surface area contributed by atoms with E-state index in [0.717, 1.165) is 17.9 Å². The Bertz CT molecular complexity index is 195. The van der Waals surface area contributed by atoms with Gasteiger partial charge in [0.05, 0.1) is 4.87 Å². The monoisotopic (exact) mass is 199 g/mol. The molecule has 1 saturated carbocycles. The van der Waals surface area contributed by atoms with Crippen LogP contribution in [0.4, 0.5) is 0 Å². The van der Waals surface area contributed by atoms with Crippen LogP contribution in [0.2, 0.25) is 0 Å². The molecule has 0 amide bonds. The third-order valence-electron chi connectivity index (χ3n) is 3.64. The fraction of sp³-hybridized carbons (Fsp3) is 1.00. The van der Waals surface area contributed by atoms with Crippen molar-refractivity contribution in [2.75, 3.05) is 5.75 Å². The molecule has 2 heteroatoms. The molecule has 2 rings (SSSR count). The Kier molecular flexibility index (Phi) is 2.63. The van der Waals surface area contributed by atoms with Crippen LogP contribution in [0.3, 0.4) is 0 Å². The summed E-state index contributed by atoms with van der Waals surface area (Å²) in [4.78, 5) is 0.450. The van der Waals surface area contributed by atoms with E-state index in [1.54, 1.807) is 0 Å². The first kappa shape index (κ1) is 9.85. The highest BCUT2D eigenvalue weighted by Crippen LogP contribution is 2.47. The average Bonchev–Trinajstić information content (AvgIpc) is 2.43. The lowest BCUT2D eigenvalue weighted by atomic mass is 9.79. The van der Waals surface area contributed by atoms with Gasteiger partial charge in [-0.05, 0) is 38.0 Å². The molecule has 1 nitrogen and oxygen atoms in total. The molecule has 0 aromatic rings. The summed E-state index contributed by atoms with van der Waals surface area (Å²) in [6, 6.07) is 0.723. The van der Waals surface area contributed by atoms with E-state index in [1.165, 1.54) is 25.0 Å². The van der Waals surface area contributed by atoms with Crippen LogP contribution in [0.25, 0.3) is 0 Å². The molecule has 2 aliphatic rings. The first-order chi connectivity index (χ1) is 6.12. The van der Waals surface area contributed by atoms with E-state index >= 15 is 0 Å². The fourth-order valence-corrected chi connectivity index (χ4v) is 4.38. The Labute approximate surface area is 86.0 Å². The highest BCUT2D eigenvalue weighted by Gasteiger charge is 2.44. The Hall–Kier alpha value is 0.310. The summed E-state index contributed by atoms with van der Waals surface area (Å²) in [6.07, 6.45) is 4.20. The molecule has 4 unspecified atom stereocenters. The number of nitrogens with one attached hydrogen (secondary N) is 1. The normalized spacial score (nSPS) is 51.5. The molecule has 4 atom stereocenters. The zero-order chi connectivity index (χ0) is 9.47. The molecule has 0 aromatic carbocycles. The van der Waals surface area contributed by atoms with Gasteiger partial charge in [0.15, 0.2) is 0 Å². The van der Waals surface area contributed by atoms with Crippen molar-refractivity contribution in [2.24, 2.45) is 11.8 Å². The zero-order valence-electron chi connectivity index (χ0n) is 8.97. The topological polar surface area (TPSA) is 12.0 Å². The molecule has 1 aliphatic carbocycles. The van der Waals surface area contributed by atoms with Crippen LogP contribution in [-0.2, 0) is 0 Å². The van der Waals surface area contributed by atoms with E-state index < -0.39 is 0 Å². The maximum absolute atomic E-state index is 3.80. The van der Waals surface area contributed by atoms with E-state index in [9.17, 15) is 0 Å². The summed E-state index contributed by atoms with van der Waals surface area (Å²) in [5, 5.41) is 3.80. The van der Waals surface area contributed by atoms with E-state index in [-0.39, 0.29) is 0 Å². The third-order valence-corrected chi connectivity index (χ3v) is 5.55. The van der Waals surface area contributed by atoms with Crippen LogP contribution in [0, 0.1) is 11.8 Å². The quantitative estimate of drug-likeness (QED) is 0.644. The molecule has 1 N–H and O–H groups in total. The summed E-state index contributed by atoms with van der Waals surface area (Å²) in [6.45, 7) is 7.13. The van der Waals surface area contributed by atoms with Gasteiger partial charge in [-0.1, -0.05) is 13.8 Å². The summed E-state index contributed by atoms with van der Waals surface area (Å²) < 4.78 is 0. The minimum absolute atomic E-state index is 0.450. The number of thioether (sulfide) groups is 1. The van der Waals surface area contributed by atoms with Gasteiger partial charge in [-0.25, -0.2) is 0 Å². The molecule has 1 saturated heterocycles. The fourth-order valence-electron chi connectivity index (χ4n) is 2.82. The third kappa shape index (κ3) is 1.75. The van der Waals surface area contributed by atoms with Crippen LogP contribution in [0.1, 0.15) is 40.0 Å². The first-order valence-electron chi connectivity index (χ1n) is 5.54. The van der Waals surface area contributed by atoms with Crippen molar-refractivity contribution in [1.82, 2.24) is 5.32 Å². The summed E-state index contributed by atoms with van der Waals surface area (Å²) in [5.41, 5.74) is 0. The van der Waals surface area contributed by atoms with Crippen molar-refractivity contribution in [3.8, 4) is 0 Å². The summed E-state index contributed by atoms with van der Waals surface area (Å²) >= 11 is 2.17. The predicted octanol–water partition coefficient (Wildman–Crippen LogP) is 2.86. The second-order valence-corrected chi connectivity index (χ2v) is 6.38. The van der Waals surface area contributed by atoms with Crippen LogP contribution in [0.5, 0.6) is 0 Å². The molecule has 13 heavy (non-hydrogen) atoms. The lowest BCUT2D eigenvalue weighted by Crippen LogP contribution is -2.48. The first-order valence-corrected chi connectivity index (χ1v) is 6.52. The highest BCUT2D eigenvalue weighted by molar-refractivity contribution is 8.00. The Morgan fingerprint density at radius 2 is 2.08 bits per heavy atom. The maximum Gasteiger partial charge on any atom is 0.0674 e. The average molecular weight is 199 g/mol. The highest BCUT2D eigenvalue weighted by atomic mass is 32.2. The predicted molar refractivity (Wildman–Crippen MR) is 60.0 cm³/mol. The largest absolute Gasteiger partial charge is 0.299 e. The molecule has 1 aliphatic heterocycles. The minimum Gasteiger partial charge on any atom is -0.299 e. The van der Waals surface area contributed by atoms with Crippen LogP contribution < -0.4 is 5.32 Å². The van der Waals surface area contributed by atoms with Gasteiger partial charge < -0.3 is 0 Å². The minimum atomic E-state index is 0.450. The number of hydrogen-bond donors (Lipinski definition) is 1. The smallest absolute Gasteiger partial charge is 0.0674 e. The second-order valence-electron chi connectivity index (χ2n) is 5.03. The van der Waals surface area contributed by atoms with E-state index in [0.29, 0.717) is 4.87 Å². The van der Waals surface area contributed by atoms with Gasteiger partial charge in [-0.3, -0.25) is 5.32 Å². The molecular formula is C11H21NS. The van der Waals surface area contributed by atoms with Crippen LogP contribution in [-0.4, -0.2) is 16.7 Å². The number of rotatable bonds is 0. The van der Waals surface area contributed by atoms with Crippen molar-refractivity contribution in [3.63, 3.8) is 0 Å². The van der Waals surface area contributed by atoms with Crippen molar-refractivity contribution >= 4 is 11.8 Å². The lowest BCUT2D eigenvalue weighted by molar-refractivity contribution is 0.202. The lowest BCUT2D eigenvalue weighted by Gasteiger charge is -2.41. The van der Waals surface area contributed by atoms with Gasteiger partial charge in [-0.2, -0.15) is 0 Å². The molecular weight excluding hydrogens is 178 g/mol. The van der Waals surface area contributed by atoms with E-state index in [2.05, 4.69) is 37.8 Å². The van der Waals surface area contributed by atoms with Gasteiger partial charge >= 0.3 is 0 Å². The van der Waals surface area contributed by atoms with E-state index in [1.807, 2.05) is 0 Å². The SMILES string of the molecule is CC1CCC2(NC(C)CS2)C(C)C1. The standard InChI is InChI=1S/C11H21NS/c1-8-4-5-11(9(2)6-8)12-10(3)7-13-11/h8-10,12H,4-7H2,1-3H3. The molecule has 2 fully saturated rings.